The predicted octanol–water partition coefficient (Wildman–Crippen LogP) is 12.7. The summed E-state index contributed by atoms with van der Waals surface area (Å²) in [5, 5.41) is 2.34. The highest BCUT2D eigenvalue weighted by Crippen LogP contribution is 2.50. The minimum atomic E-state index is -0.0480. The van der Waals surface area contributed by atoms with Gasteiger partial charge in [0.1, 0.15) is 0 Å². The van der Waals surface area contributed by atoms with Gasteiger partial charge in [0.25, 0.3) is 0 Å². The molecule has 0 amide bonds. The molecule has 0 bridgehead atoms. The van der Waals surface area contributed by atoms with Gasteiger partial charge in [-0.1, -0.05) is 162 Å². The lowest BCUT2D eigenvalue weighted by molar-refractivity contribution is 0.660. The van der Waals surface area contributed by atoms with Crippen LogP contribution in [0.2, 0.25) is 0 Å². The summed E-state index contributed by atoms with van der Waals surface area (Å²) in [6.07, 6.45) is 7.77. The van der Waals surface area contributed by atoms with Gasteiger partial charge in [0.2, 0.25) is 0 Å². The third-order valence-corrected chi connectivity index (χ3v) is 9.60. The molecule has 0 atom stereocenters. The second-order valence-corrected chi connectivity index (χ2v) is 12.3. The molecule has 0 heteroatoms. The molecule has 0 unspecified atom stereocenters. The standard InChI is InChI=1S/C45H36/c1-7-29-17-16-23-38(33(29)8-2)44-35(10-4)34(9-3)43(39-21-11-12-22-40(39)44)32-19-15-18-30(27-32)31-25-26-37-36-20-13-14-24-41(36)45(5,6)42(37)28-31/h7-28H,1-4H2,5-6H3. The Labute approximate surface area is 267 Å². The zero-order valence-corrected chi connectivity index (χ0v) is 26.0. The first-order chi connectivity index (χ1) is 21.9. The van der Waals surface area contributed by atoms with Crippen molar-refractivity contribution in [1.29, 1.82) is 0 Å². The van der Waals surface area contributed by atoms with Crippen molar-refractivity contribution < 1.29 is 0 Å². The molecule has 0 radical (unpaired) electrons. The van der Waals surface area contributed by atoms with Crippen LogP contribution in [0.25, 0.3) is 79.6 Å². The van der Waals surface area contributed by atoms with E-state index in [9.17, 15) is 0 Å². The van der Waals surface area contributed by atoms with E-state index in [1.165, 1.54) is 44.2 Å². The van der Waals surface area contributed by atoms with Crippen LogP contribution in [-0.2, 0) is 5.41 Å². The highest BCUT2D eigenvalue weighted by atomic mass is 14.4. The number of hydrogen-bond acceptors (Lipinski definition) is 0. The van der Waals surface area contributed by atoms with E-state index in [2.05, 4.69) is 149 Å². The zero-order valence-electron chi connectivity index (χ0n) is 26.0. The van der Waals surface area contributed by atoms with E-state index in [1.54, 1.807) is 0 Å². The Morgan fingerprint density at radius 1 is 0.444 bits per heavy atom. The summed E-state index contributed by atoms with van der Waals surface area (Å²) in [7, 11) is 0. The molecule has 0 fully saturated rings. The molecule has 216 valence electrons. The van der Waals surface area contributed by atoms with E-state index in [4.69, 9.17) is 0 Å². The van der Waals surface area contributed by atoms with Crippen molar-refractivity contribution in [2.45, 2.75) is 19.3 Å². The molecule has 0 saturated carbocycles. The molecule has 0 spiro atoms. The van der Waals surface area contributed by atoms with Gasteiger partial charge in [-0.2, -0.15) is 0 Å². The van der Waals surface area contributed by atoms with Crippen LogP contribution >= 0.6 is 0 Å². The fourth-order valence-corrected chi connectivity index (χ4v) is 7.45. The summed E-state index contributed by atoms with van der Waals surface area (Å²) in [5.41, 5.74) is 16.6. The first kappa shape index (κ1) is 28.3. The van der Waals surface area contributed by atoms with Crippen LogP contribution in [0.15, 0.2) is 136 Å². The minimum absolute atomic E-state index is 0.0480. The van der Waals surface area contributed by atoms with Gasteiger partial charge in [-0.15, -0.1) is 0 Å². The highest BCUT2D eigenvalue weighted by Gasteiger charge is 2.35. The molecule has 0 saturated heterocycles. The lowest BCUT2D eigenvalue weighted by Crippen LogP contribution is -2.14. The molecular formula is C45H36. The smallest absolute Gasteiger partial charge is 0.0159 e. The van der Waals surface area contributed by atoms with Crippen LogP contribution in [0.5, 0.6) is 0 Å². The van der Waals surface area contributed by atoms with Crippen molar-refractivity contribution in [3.05, 3.63) is 169 Å². The van der Waals surface area contributed by atoms with Gasteiger partial charge in [-0.3, -0.25) is 0 Å². The Kier molecular flexibility index (Phi) is 6.87. The van der Waals surface area contributed by atoms with E-state index in [0.717, 1.165) is 44.5 Å². The fourth-order valence-electron chi connectivity index (χ4n) is 7.45. The van der Waals surface area contributed by atoms with Crippen LogP contribution in [0.1, 0.15) is 47.2 Å². The summed E-state index contributed by atoms with van der Waals surface area (Å²) in [5.74, 6) is 0. The first-order valence-electron chi connectivity index (χ1n) is 15.5. The van der Waals surface area contributed by atoms with Gasteiger partial charge in [0.15, 0.2) is 0 Å². The topological polar surface area (TPSA) is 0 Å². The molecule has 1 aliphatic rings. The van der Waals surface area contributed by atoms with E-state index in [1.807, 2.05) is 24.3 Å². The molecule has 6 aromatic rings. The van der Waals surface area contributed by atoms with Gasteiger partial charge >= 0.3 is 0 Å². The fraction of sp³-hybridized carbons (Fsp3) is 0.0667. The Hall–Kier alpha value is -5.46. The molecule has 0 N–H and O–H groups in total. The molecule has 0 aromatic heterocycles. The highest BCUT2D eigenvalue weighted by molar-refractivity contribution is 6.12. The number of hydrogen-bond donors (Lipinski definition) is 0. The summed E-state index contributed by atoms with van der Waals surface area (Å²) in [6.45, 7) is 21.5. The van der Waals surface area contributed by atoms with Crippen molar-refractivity contribution in [3.63, 3.8) is 0 Å². The maximum absolute atomic E-state index is 4.32. The Balaban J connectivity index is 1.46. The largest absolute Gasteiger partial charge is 0.0984 e. The number of benzene rings is 6. The first-order valence-corrected chi connectivity index (χ1v) is 15.5. The van der Waals surface area contributed by atoms with E-state index < -0.39 is 0 Å². The van der Waals surface area contributed by atoms with Crippen LogP contribution in [0.3, 0.4) is 0 Å². The lowest BCUT2D eigenvalue weighted by atomic mass is 9.80. The van der Waals surface area contributed by atoms with Crippen molar-refractivity contribution in [3.8, 4) is 44.5 Å². The average molecular weight is 577 g/mol. The second-order valence-electron chi connectivity index (χ2n) is 12.3. The quantitative estimate of drug-likeness (QED) is 0.177. The van der Waals surface area contributed by atoms with Gasteiger partial charge < -0.3 is 0 Å². The third-order valence-electron chi connectivity index (χ3n) is 9.60. The summed E-state index contributed by atoms with van der Waals surface area (Å²) < 4.78 is 0. The van der Waals surface area contributed by atoms with Gasteiger partial charge in [0, 0.05) is 5.41 Å². The molecule has 0 heterocycles. The maximum Gasteiger partial charge on any atom is 0.0159 e. The van der Waals surface area contributed by atoms with Crippen molar-refractivity contribution >= 4 is 35.1 Å². The Morgan fingerprint density at radius 2 is 1.02 bits per heavy atom. The Bertz CT molecular complexity index is 2200. The number of rotatable bonds is 7. The summed E-state index contributed by atoms with van der Waals surface area (Å²) in [6, 6.07) is 39.7. The zero-order chi connectivity index (χ0) is 31.3. The van der Waals surface area contributed by atoms with Crippen LogP contribution < -0.4 is 0 Å². The van der Waals surface area contributed by atoms with Crippen molar-refractivity contribution in [2.24, 2.45) is 0 Å². The van der Waals surface area contributed by atoms with Crippen LogP contribution in [0, 0.1) is 0 Å². The van der Waals surface area contributed by atoms with Gasteiger partial charge in [0.05, 0.1) is 0 Å². The molecular weight excluding hydrogens is 540 g/mol. The van der Waals surface area contributed by atoms with Gasteiger partial charge in [-0.25, -0.2) is 0 Å². The molecule has 0 aliphatic heterocycles. The normalized spacial score (nSPS) is 12.8. The van der Waals surface area contributed by atoms with Crippen molar-refractivity contribution in [1.82, 2.24) is 0 Å². The second kappa shape index (κ2) is 10.9. The summed E-state index contributed by atoms with van der Waals surface area (Å²) in [4.78, 5) is 0. The SMILES string of the molecule is C=Cc1cccc(-c2c(C=C)c(C=C)c(-c3cccc(-c4ccc5c(c4)C(C)(C)c4ccccc4-5)c3)c3ccccc23)c1C=C. The monoisotopic (exact) mass is 576 g/mol. The maximum atomic E-state index is 4.32. The number of fused-ring (bicyclic) bond motifs is 4. The molecule has 1 aliphatic carbocycles. The molecule has 7 rings (SSSR count). The Morgan fingerprint density at radius 3 is 1.76 bits per heavy atom. The van der Waals surface area contributed by atoms with E-state index in [-0.39, 0.29) is 5.41 Å². The lowest BCUT2D eigenvalue weighted by Gasteiger charge is -2.23. The predicted molar refractivity (Wildman–Crippen MR) is 198 cm³/mol. The minimum Gasteiger partial charge on any atom is -0.0984 e. The van der Waals surface area contributed by atoms with Crippen LogP contribution in [0.4, 0.5) is 0 Å². The van der Waals surface area contributed by atoms with Gasteiger partial charge in [-0.05, 0) is 101 Å². The average Bonchev–Trinajstić information content (AvgIpc) is 3.32. The molecule has 45 heavy (non-hydrogen) atoms. The molecule has 6 aromatic carbocycles. The summed E-state index contributed by atoms with van der Waals surface area (Å²) >= 11 is 0. The van der Waals surface area contributed by atoms with Crippen molar-refractivity contribution in [2.75, 3.05) is 0 Å². The van der Waals surface area contributed by atoms with E-state index in [0.29, 0.717) is 0 Å². The van der Waals surface area contributed by atoms with Crippen LogP contribution in [-0.4, -0.2) is 0 Å². The van der Waals surface area contributed by atoms with E-state index >= 15 is 0 Å². The molecule has 0 nitrogen and oxygen atoms in total. The third kappa shape index (κ3) is 4.29.